The van der Waals surface area contributed by atoms with Gasteiger partial charge in [-0.25, -0.2) is 4.79 Å². The smallest absolute Gasteiger partial charge is 0.346 e. The first kappa shape index (κ1) is 10.0. The van der Waals surface area contributed by atoms with Crippen molar-refractivity contribution in [2.75, 3.05) is 0 Å². The second-order valence-electron chi connectivity index (χ2n) is 2.89. The Bertz CT molecular complexity index is 427. The molecule has 0 aliphatic rings. The summed E-state index contributed by atoms with van der Waals surface area (Å²) in [6, 6.07) is 8.93. The Morgan fingerprint density at radius 3 is 2.79 bits per heavy atom. The molecule has 0 saturated heterocycles. The maximum Gasteiger partial charge on any atom is 0.346 e. The van der Waals surface area contributed by atoms with Gasteiger partial charge in [0.15, 0.2) is 0 Å². The van der Waals surface area contributed by atoms with E-state index in [2.05, 4.69) is 0 Å². The molecule has 3 heteroatoms. The molecule has 14 heavy (non-hydrogen) atoms. The third-order valence-electron chi connectivity index (χ3n) is 1.70. The number of benzene rings is 1. The van der Waals surface area contributed by atoms with Crippen LogP contribution < -0.4 is 0 Å². The van der Waals surface area contributed by atoms with Crippen LogP contribution in [0.5, 0.6) is 0 Å². The van der Waals surface area contributed by atoms with Crippen LogP contribution in [0.15, 0.2) is 29.8 Å². The van der Waals surface area contributed by atoms with Gasteiger partial charge < -0.3 is 5.11 Å². The Morgan fingerprint density at radius 1 is 1.57 bits per heavy atom. The first-order valence-corrected chi connectivity index (χ1v) is 4.05. The molecule has 1 aromatic carbocycles. The lowest BCUT2D eigenvalue weighted by atomic mass is 10.1. The molecule has 1 rings (SSSR count). The number of aliphatic carboxylic acids is 1. The van der Waals surface area contributed by atoms with Crippen molar-refractivity contribution in [1.82, 2.24) is 0 Å². The van der Waals surface area contributed by atoms with Gasteiger partial charge in [-0.2, -0.15) is 5.26 Å². The summed E-state index contributed by atoms with van der Waals surface area (Å²) < 4.78 is 0. The number of carboxylic acids is 1. The molecule has 70 valence electrons. The second-order valence-corrected chi connectivity index (χ2v) is 2.89. The standard InChI is InChI=1S/C11H9NO2/c1-8-3-2-4-9(5-8)6-10(7-12)11(13)14/h2-6H,1H3,(H,13,14). The predicted molar refractivity (Wildman–Crippen MR) is 52.4 cm³/mol. The van der Waals surface area contributed by atoms with Crippen molar-refractivity contribution in [2.24, 2.45) is 0 Å². The number of hydrogen-bond acceptors (Lipinski definition) is 2. The molecular formula is C11H9NO2. The summed E-state index contributed by atoms with van der Waals surface area (Å²) in [5.41, 5.74) is 1.50. The summed E-state index contributed by atoms with van der Waals surface area (Å²) in [4.78, 5) is 10.5. The number of rotatable bonds is 2. The SMILES string of the molecule is Cc1cccc(C=C(C#N)C(=O)O)c1. The van der Waals surface area contributed by atoms with Crippen molar-refractivity contribution in [2.45, 2.75) is 6.92 Å². The van der Waals surface area contributed by atoms with Gasteiger partial charge in [0, 0.05) is 0 Å². The minimum absolute atomic E-state index is 0.254. The highest BCUT2D eigenvalue weighted by Gasteiger charge is 2.04. The van der Waals surface area contributed by atoms with Crippen LogP contribution in [0.2, 0.25) is 0 Å². The Hall–Kier alpha value is -2.08. The summed E-state index contributed by atoms with van der Waals surface area (Å²) in [6.45, 7) is 1.91. The lowest BCUT2D eigenvalue weighted by Gasteiger charge is -1.95. The van der Waals surface area contributed by atoms with Crippen LogP contribution in [0.3, 0.4) is 0 Å². The van der Waals surface area contributed by atoms with E-state index >= 15 is 0 Å². The zero-order chi connectivity index (χ0) is 10.6. The molecule has 0 aliphatic carbocycles. The monoisotopic (exact) mass is 187 g/mol. The lowest BCUT2D eigenvalue weighted by molar-refractivity contribution is -0.132. The first-order chi connectivity index (χ1) is 6.63. The van der Waals surface area contributed by atoms with Gasteiger partial charge in [0.1, 0.15) is 11.6 Å². The second kappa shape index (κ2) is 4.24. The third kappa shape index (κ3) is 2.46. The predicted octanol–water partition coefficient (Wildman–Crippen LogP) is 1.99. The topological polar surface area (TPSA) is 61.1 Å². The average Bonchev–Trinajstić information content (AvgIpc) is 2.14. The number of aryl methyl sites for hydroxylation is 1. The minimum atomic E-state index is -1.20. The van der Waals surface area contributed by atoms with Crippen LogP contribution in [0, 0.1) is 18.3 Å². The summed E-state index contributed by atoms with van der Waals surface area (Å²) in [5.74, 6) is -1.20. The normalized spacial score (nSPS) is 10.7. The fraction of sp³-hybridized carbons (Fsp3) is 0.0909. The van der Waals surface area contributed by atoms with Gasteiger partial charge in [0.05, 0.1) is 0 Å². The summed E-state index contributed by atoms with van der Waals surface area (Å²) in [5, 5.41) is 17.1. The van der Waals surface area contributed by atoms with E-state index < -0.39 is 5.97 Å². The molecule has 0 bridgehead atoms. The van der Waals surface area contributed by atoms with Crippen molar-refractivity contribution < 1.29 is 9.90 Å². The number of carboxylic acid groups (broad SMARTS) is 1. The van der Waals surface area contributed by atoms with Gasteiger partial charge in [-0.05, 0) is 18.6 Å². The zero-order valence-electron chi connectivity index (χ0n) is 7.69. The Morgan fingerprint density at radius 2 is 2.29 bits per heavy atom. The zero-order valence-corrected chi connectivity index (χ0v) is 7.69. The maximum absolute atomic E-state index is 10.5. The van der Waals surface area contributed by atoms with E-state index in [0.29, 0.717) is 0 Å². The molecular weight excluding hydrogens is 178 g/mol. The summed E-state index contributed by atoms with van der Waals surface area (Å²) >= 11 is 0. The van der Waals surface area contributed by atoms with Crippen LogP contribution in [-0.2, 0) is 4.79 Å². The van der Waals surface area contributed by atoms with Gasteiger partial charge in [0.2, 0.25) is 0 Å². The average molecular weight is 187 g/mol. The van der Waals surface area contributed by atoms with Gasteiger partial charge in [0.25, 0.3) is 0 Å². The van der Waals surface area contributed by atoms with Crippen molar-refractivity contribution in [3.8, 4) is 6.07 Å². The van der Waals surface area contributed by atoms with Crippen LogP contribution in [0.4, 0.5) is 0 Å². The molecule has 0 saturated carbocycles. The van der Waals surface area contributed by atoms with Crippen molar-refractivity contribution >= 4 is 12.0 Å². The van der Waals surface area contributed by atoms with Gasteiger partial charge >= 0.3 is 5.97 Å². The van der Waals surface area contributed by atoms with E-state index in [9.17, 15) is 4.79 Å². The highest BCUT2D eigenvalue weighted by Crippen LogP contribution is 2.08. The molecule has 0 unspecified atom stereocenters. The molecule has 0 radical (unpaired) electrons. The fourth-order valence-electron chi connectivity index (χ4n) is 1.07. The number of carbonyl (C=O) groups is 1. The number of hydrogen-bond donors (Lipinski definition) is 1. The van der Waals surface area contributed by atoms with Crippen LogP contribution in [0.1, 0.15) is 11.1 Å². The summed E-state index contributed by atoms with van der Waals surface area (Å²) in [6.07, 6.45) is 1.36. The first-order valence-electron chi connectivity index (χ1n) is 4.05. The van der Waals surface area contributed by atoms with E-state index in [1.807, 2.05) is 25.1 Å². The van der Waals surface area contributed by atoms with Crippen LogP contribution in [0.25, 0.3) is 6.08 Å². The van der Waals surface area contributed by atoms with E-state index in [0.717, 1.165) is 11.1 Å². The molecule has 0 atom stereocenters. The largest absolute Gasteiger partial charge is 0.477 e. The van der Waals surface area contributed by atoms with Crippen molar-refractivity contribution in [3.05, 3.63) is 41.0 Å². The van der Waals surface area contributed by atoms with Gasteiger partial charge in [-0.3, -0.25) is 0 Å². The molecule has 0 aromatic heterocycles. The number of nitriles is 1. The molecule has 3 nitrogen and oxygen atoms in total. The fourth-order valence-corrected chi connectivity index (χ4v) is 1.07. The molecule has 1 aromatic rings. The van der Waals surface area contributed by atoms with Gasteiger partial charge in [-0.15, -0.1) is 0 Å². The molecule has 0 spiro atoms. The lowest BCUT2D eigenvalue weighted by Crippen LogP contribution is -1.97. The van der Waals surface area contributed by atoms with E-state index in [1.54, 1.807) is 12.1 Å². The molecule has 0 amide bonds. The molecule has 1 N–H and O–H groups in total. The van der Waals surface area contributed by atoms with E-state index in [4.69, 9.17) is 10.4 Å². The highest BCUT2D eigenvalue weighted by molar-refractivity contribution is 5.96. The maximum atomic E-state index is 10.5. The quantitative estimate of drug-likeness (QED) is 0.568. The summed E-state index contributed by atoms with van der Waals surface area (Å²) in [7, 11) is 0. The van der Waals surface area contributed by atoms with E-state index in [1.165, 1.54) is 6.08 Å². The van der Waals surface area contributed by atoms with Crippen molar-refractivity contribution in [3.63, 3.8) is 0 Å². The molecule has 0 fully saturated rings. The van der Waals surface area contributed by atoms with Crippen molar-refractivity contribution in [1.29, 1.82) is 5.26 Å². The highest BCUT2D eigenvalue weighted by atomic mass is 16.4. The Balaban J connectivity index is 3.08. The third-order valence-corrected chi connectivity index (χ3v) is 1.70. The Kier molecular flexibility index (Phi) is 3.03. The molecule has 0 aliphatic heterocycles. The number of nitrogens with zero attached hydrogens (tertiary/aromatic N) is 1. The van der Waals surface area contributed by atoms with Crippen LogP contribution >= 0.6 is 0 Å². The van der Waals surface area contributed by atoms with Crippen LogP contribution in [-0.4, -0.2) is 11.1 Å². The molecule has 0 heterocycles. The minimum Gasteiger partial charge on any atom is -0.477 e. The Labute approximate surface area is 81.9 Å². The van der Waals surface area contributed by atoms with E-state index in [-0.39, 0.29) is 5.57 Å². The van der Waals surface area contributed by atoms with Gasteiger partial charge in [-0.1, -0.05) is 29.8 Å².